The zero-order chi connectivity index (χ0) is 37.6. The average molecular weight is 727 g/mol. The molecule has 0 N–H and O–H groups in total. The molecule has 0 fully saturated rings. The number of hydrogen-bond donors (Lipinski definition) is 0. The summed E-state index contributed by atoms with van der Waals surface area (Å²) in [6, 6.07) is 17.9. The second-order valence-corrected chi connectivity index (χ2v) is 28.0. The number of rotatable bonds is 9. The number of benzene rings is 2. The molecule has 0 aliphatic heterocycles. The Morgan fingerprint density at radius 2 is 0.846 bits per heavy atom. The summed E-state index contributed by atoms with van der Waals surface area (Å²) in [6.07, 6.45) is 25.7. The fourth-order valence-electron chi connectivity index (χ4n) is 7.65. The molecule has 0 saturated heterocycles. The fraction of sp³-hybridized carbons (Fsp3) is 0.417. The van der Waals surface area contributed by atoms with Crippen molar-refractivity contribution in [2.24, 2.45) is 11.8 Å². The quantitative estimate of drug-likeness (QED) is 0.240. The third-order valence-electron chi connectivity index (χ3n) is 12.9. The fourth-order valence-corrected chi connectivity index (χ4v) is 9.72. The minimum atomic E-state index is -1.89. The van der Waals surface area contributed by atoms with Gasteiger partial charge in [0.25, 0.3) is 0 Å². The highest BCUT2D eigenvalue weighted by atomic mass is 28.4. The molecule has 2 aromatic rings. The molecular weight excluding hydrogens is 665 g/mol. The van der Waals surface area contributed by atoms with Crippen molar-refractivity contribution in [3.63, 3.8) is 0 Å². The second-order valence-electron chi connectivity index (χ2n) is 18.6. The Bertz CT molecular complexity index is 1770. The molecule has 2 nitrogen and oxygen atoms in total. The van der Waals surface area contributed by atoms with Gasteiger partial charge in [0.15, 0.2) is 0 Å². The molecule has 0 bridgehead atoms. The highest BCUT2D eigenvalue weighted by molar-refractivity contribution is 6.75. The van der Waals surface area contributed by atoms with Crippen LogP contribution in [0, 0.1) is 11.8 Å². The molecule has 274 valence electrons. The lowest BCUT2D eigenvalue weighted by Crippen LogP contribution is -2.43. The predicted molar refractivity (Wildman–Crippen MR) is 228 cm³/mol. The van der Waals surface area contributed by atoms with Crippen LogP contribution in [-0.2, 0) is 0 Å². The van der Waals surface area contributed by atoms with Crippen LogP contribution in [0.15, 0.2) is 143 Å². The van der Waals surface area contributed by atoms with Crippen molar-refractivity contribution in [2.45, 2.75) is 116 Å². The van der Waals surface area contributed by atoms with E-state index in [1.807, 2.05) is 0 Å². The van der Waals surface area contributed by atoms with Crippen LogP contribution in [0.3, 0.4) is 0 Å². The van der Waals surface area contributed by atoms with Gasteiger partial charge in [-0.25, -0.2) is 0 Å². The first-order chi connectivity index (χ1) is 24.4. The van der Waals surface area contributed by atoms with Crippen LogP contribution in [-0.4, -0.2) is 16.6 Å². The van der Waals surface area contributed by atoms with Gasteiger partial charge in [0.05, 0.1) is 0 Å². The molecule has 4 atom stereocenters. The van der Waals surface area contributed by atoms with Crippen LogP contribution in [0.2, 0.25) is 36.3 Å². The van der Waals surface area contributed by atoms with E-state index in [4.69, 9.17) is 8.85 Å². The summed E-state index contributed by atoms with van der Waals surface area (Å²) in [7, 11) is -3.77. The van der Waals surface area contributed by atoms with Crippen molar-refractivity contribution in [3.8, 4) is 11.5 Å². The Balaban J connectivity index is 1.19. The van der Waals surface area contributed by atoms with E-state index in [0.717, 1.165) is 24.3 Å². The van der Waals surface area contributed by atoms with Gasteiger partial charge in [-0.05, 0) is 121 Å². The summed E-state index contributed by atoms with van der Waals surface area (Å²) >= 11 is 0. The SMILES string of the molecule is CC1=CC2=C(C=CC=CC2c2ccc(O[Si](C)(C)C(C)(C)C)cc2)C1CCC1C(C)=CC2=C1C=CC=CC2c1ccc(O[Si](C)(C)C(C)(C)C)cc1. The van der Waals surface area contributed by atoms with Gasteiger partial charge in [0.1, 0.15) is 11.5 Å². The zero-order valence-electron chi connectivity index (χ0n) is 33.9. The lowest BCUT2D eigenvalue weighted by atomic mass is 9.82. The molecule has 2 aromatic carbocycles. The van der Waals surface area contributed by atoms with Gasteiger partial charge in [0.2, 0.25) is 16.6 Å². The molecule has 0 heterocycles. The lowest BCUT2D eigenvalue weighted by molar-refractivity contribution is 0.492. The van der Waals surface area contributed by atoms with E-state index in [1.165, 1.54) is 44.6 Å². The molecule has 4 unspecified atom stereocenters. The van der Waals surface area contributed by atoms with Gasteiger partial charge in [-0.1, -0.05) is 138 Å². The number of hydrogen-bond acceptors (Lipinski definition) is 2. The molecule has 52 heavy (non-hydrogen) atoms. The molecule has 0 aromatic heterocycles. The minimum absolute atomic E-state index is 0.172. The van der Waals surface area contributed by atoms with Crippen LogP contribution in [0.5, 0.6) is 11.5 Å². The van der Waals surface area contributed by atoms with E-state index in [1.54, 1.807) is 0 Å². The van der Waals surface area contributed by atoms with Crippen molar-refractivity contribution in [2.75, 3.05) is 0 Å². The van der Waals surface area contributed by atoms with Gasteiger partial charge in [-0.2, -0.15) is 0 Å². The summed E-state index contributed by atoms with van der Waals surface area (Å²) in [6.45, 7) is 27.7. The molecule has 0 amide bonds. The molecule has 0 radical (unpaired) electrons. The molecule has 4 heteroatoms. The predicted octanol–water partition coefficient (Wildman–Crippen LogP) is 14.1. The normalized spacial score (nSPS) is 23.3. The first kappa shape index (κ1) is 38.1. The van der Waals surface area contributed by atoms with Gasteiger partial charge in [-0.3, -0.25) is 0 Å². The highest BCUT2D eigenvalue weighted by Crippen LogP contribution is 2.48. The van der Waals surface area contributed by atoms with E-state index < -0.39 is 16.6 Å². The molecular formula is C48H62O2Si2. The van der Waals surface area contributed by atoms with E-state index in [9.17, 15) is 0 Å². The first-order valence-corrected chi connectivity index (χ1v) is 25.3. The third-order valence-corrected chi connectivity index (χ3v) is 21.6. The molecule has 0 spiro atoms. The van der Waals surface area contributed by atoms with Crippen LogP contribution < -0.4 is 8.85 Å². The van der Waals surface area contributed by atoms with Gasteiger partial charge < -0.3 is 8.85 Å². The van der Waals surface area contributed by atoms with Crippen molar-refractivity contribution in [3.05, 3.63) is 154 Å². The Morgan fingerprint density at radius 1 is 0.500 bits per heavy atom. The van der Waals surface area contributed by atoms with Crippen LogP contribution in [0.1, 0.15) is 91.2 Å². The number of allylic oxidation sites excluding steroid dienone is 16. The lowest BCUT2D eigenvalue weighted by Gasteiger charge is -2.36. The van der Waals surface area contributed by atoms with Crippen molar-refractivity contribution in [1.29, 1.82) is 0 Å². The standard InChI is InChI=1S/C48H62O2Si2/c1-33-31-45-41(35-21-25-37(26-22-35)49-51(9,10)47(3,4)5)17-13-15-19-43(45)39(33)29-30-40-34(2)32-46-42(18-14-16-20-44(40)46)36-23-27-38(28-24-36)50-52(11,12)48(6,7)8/h13-28,31-32,39-42H,29-30H2,1-12H3. The molecule has 4 aliphatic rings. The van der Waals surface area contributed by atoms with Gasteiger partial charge >= 0.3 is 0 Å². The Hall–Kier alpha value is -3.61. The van der Waals surface area contributed by atoms with Gasteiger partial charge in [-0.15, -0.1) is 0 Å². The van der Waals surface area contributed by atoms with Crippen molar-refractivity contribution in [1.82, 2.24) is 0 Å². The topological polar surface area (TPSA) is 18.5 Å². The Kier molecular flexibility index (Phi) is 10.5. The Morgan fingerprint density at radius 3 is 1.17 bits per heavy atom. The monoisotopic (exact) mass is 726 g/mol. The largest absolute Gasteiger partial charge is 0.544 e. The first-order valence-electron chi connectivity index (χ1n) is 19.5. The summed E-state index contributed by atoms with van der Waals surface area (Å²) in [4.78, 5) is 0. The van der Waals surface area contributed by atoms with Crippen molar-refractivity contribution >= 4 is 16.6 Å². The van der Waals surface area contributed by atoms with E-state index in [2.05, 4.69) is 191 Å². The summed E-state index contributed by atoms with van der Waals surface area (Å²) in [5, 5.41) is 0.343. The molecule has 6 rings (SSSR count). The summed E-state index contributed by atoms with van der Waals surface area (Å²) < 4.78 is 13.2. The second kappa shape index (κ2) is 14.3. The maximum atomic E-state index is 6.61. The smallest absolute Gasteiger partial charge is 0.250 e. The van der Waals surface area contributed by atoms with Gasteiger partial charge in [0, 0.05) is 23.7 Å². The minimum Gasteiger partial charge on any atom is -0.544 e. The summed E-state index contributed by atoms with van der Waals surface area (Å²) in [5.41, 5.74) is 11.5. The average Bonchev–Trinajstić information content (AvgIpc) is 3.32. The molecule has 0 saturated carbocycles. The van der Waals surface area contributed by atoms with E-state index in [-0.39, 0.29) is 21.9 Å². The zero-order valence-corrected chi connectivity index (χ0v) is 35.9. The van der Waals surface area contributed by atoms with E-state index >= 15 is 0 Å². The third kappa shape index (κ3) is 7.70. The summed E-state index contributed by atoms with van der Waals surface area (Å²) in [5.74, 6) is 3.33. The van der Waals surface area contributed by atoms with Crippen LogP contribution >= 0.6 is 0 Å². The van der Waals surface area contributed by atoms with Crippen molar-refractivity contribution < 1.29 is 8.85 Å². The van der Waals surface area contributed by atoms with E-state index in [0.29, 0.717) is 11.8 Å². The van der Waals surface area contributed by atoms with Crippen LogP contribution in [0.25, 0.3) is 0 Å². The molecule has 4 aliphatic carbocycles. The maximum absolute atomic E-state index is 6.61. The highest BCUT2D eigenvalue weighted by Gasteiger charge is 2.40. The Labute approximate surface area is 317 Å². The van der Waals surface area contributed by atoms with Crippen LogP contribution in [0.4, 0.5) is 0 Å². The maximum Gasteiger partial charge on any atom is 0.250 e.